The molecule has 3 aromatic rings. The van der Waals surface area contributed by atoms with Crippen molar-refractivity contribution in [1.29, 1.82) is 0 Å². The van der Waals surface area contributed by atoms with Crippen molar-refractivity contribution in [1.82, 2.24) is 15.3 Å². The number of aromatic nitrogens is 2. The van der Waals surface area contributed by atoms with E-state index in [0.29, 0.717) is 39.7 Å². The van der Waals surface area contributed by atoms with E-state index in [-0.39, 0.29) is 5.91 Å². The normalized spacial score (nSPS) is 11.3. The fourth-order valence-electron chi connectivity index (χ4n) is 3.89. The molecule has 1 aromatic heterocycles. The molecule has 0 aliphatic carbocycles. The minimum atomic E-state index is -0.219. The van der Waals surface area contributed by atoms with Gasteiger partial charge >= 0.3 is 0 Å². The van der Waals surface area contributed by atoms with Crippen LogP contribution in [0, 0.1) is 11.8 Å². The Morgan fingerprint density at radius 2 is 1.65 bits per heavy atom. The molecule has 37 heavy (non-hydrogen) atoms. The van der Waals surface area contributed by atoms with Gasteiger partial charge in [-0.2, -0.15) is 0 Å². The molecular formula is C29H36ClN5O2. The van der Waals surface area contributed by atoms with Crippen molar-refractivity contribution in [2.75, 3.05) is 37.5 Å². The topological polar surface area (TPSA) is 79.4 Å². The monoisotopic (exact) mass is 521 g/mol. The van der Waals surface area contributed by atoms with Gasteiger partial charge in [-0.05, 0) is 53.8 Å². The number of carbonyl (C=O) groups is 1. The van der Waals surface area contributed by atoms with Crippen LogP contribution >= 0.6 is 11.6 Å². The molecule has 0 radical (unpaired) electrons. The summed E-state index contributed by atoms with van der Waals surface area (Å²) in [6.45, 7) is 11.0. The number of benzene rings is 2. The highest BCUT2D eigenvalue weighted by Gasteiger charge is 2.13. The lowest BCUT2D eigenvalue weighted by atomic mass is 10.1. The van der Waals surface area contributed by atoms with Crippen LogP contribution in [0.25, 0.3) is 12.2 Å². The number of anilines is 3. The number of carbonyl (C=O) groups excluding carboxylic acids is 1. The molecule has 3 rings (SSSR count). The van der Waals surface area contributed by atoms with E-state index >= 15 is 0 Å². The smallest absolute Gasteiger partial charge is 0.251 e. The number of nitrogens with one attached hydrogen (secondary N) is 2. The summed E-state index contributed by atoms with van der Waals surface area (Å²) in [5.41, 5.74) is 4.04. The molecular weight excluding hydrogens is 486 g/mol. The molecule has 7 nitrogen and oxygen atoms in total. The molecule has 2 N–H and O–H groups in total. The molecule has 1 heterocycles. The van der Waals surface area contributed by atoms with Crippen LogP contribution in [0.5, 0.6) is 5.75 Å². The molecule has 0 saturated heterocycles. The molecule has 0 atom stereocenters. The molecule has 0 bridgehead atoms. The summed E-state index contributed by atoms with van der Waals surface area (Å²) in [7, 11) is 3.09. The summed E-state index contributed by atoms with van der Waals surface area (Å²) in [6.07, 6.45) is 7.09. The van der Waals surface area contributed by atoms with Crippen molar-refractivity contribution in [3.8, 4) is 5.75 Å². The zero-order chi connectivity index (χ0) is 26.9. The lowest BCUT2D eigenvalue weighted by molar-refractivity contribution is 0.0962. The van der Waals surface area contributed by atoms with Crippen molar-refractivity contribution < 1.29 is 9.53 Å². The van der Waals surface area contributed by atoms with Crippen LogP contribution in [0.1, 0.15) is 49.2 Å². The third-order valence-corrected chi connectivity index (χ3v) is 5.97. The Balaban J connectivity index is 1.70. The van der Waals surface area contributed by atoms with Crippen LogP contribution in [0.15, 0.2) is 48.8 Å². The molecule has 0 unspecified atom stereocenters. The number of hydrogen-bond acceptors (Lipinski definition) is 6. The van der Waals surface area contributed by atoms with Gasteiger partial charge in [-0.25, -0.2) is 9.97 Å². The molecule has 0 saturated carbocycles. The number of ether oxygens (including phenoxy) is 1. The summed E-state index contributed by atoms with van der Waals surface area (Å²) in [4.78, 5) is 23.4. The number of methoxy groups -OCH3 is 1. The van der Waals surface area contributed by atoms with Crippen LogP contribution in [0.2, 0.25) is 5.02 Å². The first-order valence-electron chi connectivity index (χ1n) is 12.4. The molecule has 1 amide bonds. The van der Waals surface area contributed by atoms with Gasteiger partial charge in [0.05, 0.1) is 12.1 Å². The standard InChI is InChI=1S/C29H36ClN5O2/c1-19(2)17-35(18-20(3)4)25-11-9-24(10-12-25)34-29-32-15-21(16-33-29)7-8-22-13-23(28(36)31-5)14-26(37-6)27(22)30/h7-16,19-20H,17-18H2,1-6H3,(H,31,36)(H,32,33,34)/b8-7+. The SMILES string of the molecule is CNC(=O)c1cc(/C=C/c2cnc(Nc3ccc(N(CC(C)C)CC(C)C)cc3)nc2)c(Cl)c(OC)c1. The fraction of sp³-hybridized carbons (Fsp3) is 0.345. The predicted molar refractivity (Wildman–Crippen MR) is 154 cm³/mol. The maximum absolute atomic E-state index is 12.1. The number of rotatable bonds is 11. The van der Waals surface area contributed by atoms with Crippen LogP contribution in [0.3, 0.4) is 0 Å². The maximum atomic E-state index is 12.1. The number of amides is 1. The molecule has 2 aromatic carbocycles. The first-order valence-corrected chi connectivity index (χ1v) is 12.8. The average Bonchev–Trinajstić information content (AvgIpc) is 2.88. The second kappa shape index (κ2) is 13.1. The molecule has 0 aliphatic heterocycles. The van der Waals surface area contributed by atoms with Gasteiger partial charge in [-0.1, -0.05) is 51.4 Å². The Bertz CT molecular complexity index is 1200. The minimum Gasteiger partial charge on any atom is -0.495 e. The highest BCUT2D eigenvalue weighted by atomic mass is 35.5. The van der Waals surface area contributed by atoms with Crippen molar-refractivity contribution in [2.45, 2.75) is 27.7 Å². The van der Waals surface area contributed by atoms with E-state index in [1.54, 1.807) is 31.6 Å². The van der Waals surface area contributed by atoms with E-state index in [4.69, 9.17) is 16.3 Å². The first-order chi connectivity index (χ1) is 17.7. The van der Waals surface area contributed by atoms with E-state index in [0.717, 1.165) is 24.3 Å². The number of nitrogens with zero attached hydrogens (tertiary/aromatic N) is 3. The Morgan fingerprint density at radius 1 is 1.03 bits per heavy atom. The van der Waals surface area contributed by atoms with E-state index in [1.165, 1.54) is 12.8 Å². The van der Waals surface area contributed by atoms with Crippen LogP contribution in [0.4, 0.5) is 17.3 Å². The maximum Gasteiger partial charge on any atom is 0.251 e. The fourth-order valence-corrected chi connectivity index (χ4v) is 4.14. The van der Waals surface area contributed by atoms with Crippen molar-refractivity contribution >= 4 is 47.0 Å². The Labute approximate surface area is 224 Å². The summed E-state index contributed by atoms with van der Waals surface area (Å²) in [5, 5.41) is 6.29. The first kappa shape index (κ1) is 28.0. The third kappa shape index (κ3) is 7.95. The van der Waals surface area contributed by atoms with Crippen molar-refractivity contribution in [3.63, 3.8) is 0 Å². The second-order valence-electron chi connectivity index (χ2n) is 9.70. The largest absolute Gasteiger partial charge is 0.495 e. The summed E-state index contributed by atoms with van der Waals surface area (Å²) < 4.78 is 5.32. The van der Waals surface area contributed by atoms with Gasteiger partial charge in [-0.3, -0.25) is 4.79 Å². The molecule has 8 heteroatoms. The quantitative estimate of drug-likeness (QED) is 0.298. The van der Waals surface area contributed by atoms with Crippen molar-refractivity contribution in [2.24, 2.45) is 11.8 Å². The van der Waals surface area contributed by atoms with Crippen LogP contribution < -0.4 is 20.3 Å². The van der Waals surface area contributed by atoms with Gasteiger partial charge in [0, 0.05) is 55.0 Å². The molecule has 0 fully saturated rings. The lowest BCUT2D eigenvalue weighted by Crippen LogP contribution is -2.31. The van der Waals surface area contributed by atoms with Crippen LogP contribution in [-0.4, -0.2) is 43.1 Å². The molecule has 196 valence electrons. The number of halogens is 1. The summed E-state index contributed by atoms with van der Waals surface area (Å²) in [6, 6.07) is 11.7. The predicted octanol–water partition coefficient (Wildman–Crippen LogP) is 6.53. The van der Waals surface area contributed by atoms with Gasteiger partial charge in [0.1, 0.15) is 5.75 Å². The average molecular weight is 522 g/mol. The van der Waals surface area contributed by atoms with Gasteiger partial charge in [0.2, 0.25) is 5.95 Å². The van der Waals surface area contributed by atoms with Gasteiger partial charge in [0.25, 0.3) is 5.91 Å². The van der Waals surface area contributed by atoms with Crippen LogP contribution in [-0.2, 0) is 0 Å². The Hall–Kier alpha value is -3.58. The molecule has 0 spiro atoms. The van der Waals surface area contributed by atoms with Crippen molar-refractivity contribution in [3.05, 3.63) is 70.5 Å². The van der Waals surface area contributed by atoms with E-state index < -0.39 is 0 Å². The Morgan fingerprint density at radius 3 is 2.19 bits per heavy atom. The van der Waals surface area contributed by atoms with E-state index in [9.17, 15) is 4.79 Å². The number of hydrogen-bond donors (Lipinski definition) is 2. The van der Waals surface area contributed by atoms with Gasteiger partial charge in [-0.15, -0.1) is 0 Å². The second-order valence-corrected chi connectivity index (χ2v) is 10.1. The highest BCUT2D eigenvalue weighted by molar-refractivity contribution is 6.33. The van der Waals surface area contributed by atoms with Gasteiger partial charge < -0.3 is 20.3 Å². The zero-order valence-corrected chi connectivity index (χ0v) is 23.1. The van der Waals surface area contributed by atoms with E-state index in [1.807, 2.05) is 12.2 Å². The molecule has 0 aliphatic rings. The summed E-state index contributed by atoms with van der Waals surface area (Å²) >= 11 is 6.44. The van der Waals surface area contributed by atoms with Gasteiger partial charge in [0.15, 0.2) is 0 Å². The minimum absolute atomic E-state index is 0.219. The summed E-state index contributed by atoms with van der Waals surface area (Å²) in [5.74, 6) is 1.91. The lowest BCUT2D eigenvalue weighted by Gasteiger charge is -2.28. The highest BCUT2D eigenvalue weighted by Crippen LogP contribution is 2.31. The Kier molecular flexibility index (Phi) is 9.92. The zero-order valence-electron chi connectivity index (χ0n) is 22.4. The van der Waals surface area contributed by atoms with E-state index in [2.05, 4.69) is 77.5 Å². The third-order valence-electron chi connectivity index (χ3n) is 5.56.